The topological polar surface area (TPSA) is 116 Å². The van der Waals surface area contributed by atoms with Gasteiger partial charge in [-0.05, 0) is 109 Å². The van der Waals surface area contributed by atoms with Crippen LogP contribution in [-0.2, 0) is 0 Å². The first-order valence-electron chi connectivity index (χ1n) is 17.4. The molecule has 0 saturated heterocycles. The van der Waals surface area contributed by atoms with Crippen LogP contribution in [0.1, 0.15) is 0 Å². The summed E-state index contributed by atoms with van der Waals surface area (Å²) >= 11 is 0. The Hall–Kier alpha value is -7.65. The quantitative estimate of drug-likeness (QED) is 0.153. The van der Waals surface area contributed by atoms with Gasteiger partial charge < -0.3 is 0 Å². The molecule has 9 heteroatoms. The van der Waals surface area contributed by atoms with Gasteiger partial charge in [-0.1, -0.05) is 42.5 Å². The van der Waals surface area contributed by atoms with E-state index in [-0.39, 0.29) is 0 Å². The lowest BCUT2D eigenvalue weighted by Crippen LogP contribution is -1.98. The summed E-state index contributed by atoms with van der Waals surface area (Å²) in [5.41, 5.74) is 12.0. The summed E-state index contributed by atoms with van der Waals surface area (Å²) in [6.45, 7) is 0. The number of nitrogens with zero attached hydrogens (tertiary/aromatic N) is 9. The van der Waals surface area contributed by atoms with Crippen molar-refractivity contribution in [1.82, 2.24) is 44.9 Å². The van der Waals surface area contributed by atoms with Gasteiger partial charge in [0, 0.05) is 35.9 Å². The van der Waals surface area contributed by atoms with Crippen LogP contribution < -0.4 is 0 Å². The summed E-state index contributed by atoms with van der Waals surface area (Å²) in [6, 6.07) is 49.0. The summed E-state index contributed by atoms with van der Waals surface area (Å²) in [4.78, 5) is 43.6. The zero-order valence-corrected chi connectivity index (χ0v) is 28.8. The first kappa shape index (κ1) is 32.3. The summed E-state index contributed by atoms with van der Waals surface area (Å²) in [5, 5.41) is 0. The molecule has 9 nitrogen and oxygen atoms in total. The fraction of sp³-hybridized carbons (Fsp3) is 0. The van der Waals surface area contributed by atoms with Crippen molar-refractivity contribution in [2.24, 2.45) is 0 Å². The lowest BCUT2D eigenvalue weighted by molar-refractivity contribution is 1.19. The normalized spacial score (nSPS) is 11.0. The van der Waals surface area contributed by atoms with Gasteiger partial charge in [0.1, 0.15) is 0 Å². The molecule has 0 spiro atoms. The molecular weight excluding hydrogens is 667 g/mol. The van der Waals surface area contributed by atoms with Crippen molar-refractivity contribution in [2.45, 2.75) is 0 Å². The van der Waals surface area contributed by atoms with E-state index in [1.54, 1.807) is 24.8 Å². The zero-order valence-electron chi connectivity index (χ0n) is 28.8. The molecule has 0 aliphatic heterocycles. The van der Waals surface area contributed by atoms with E-state index in [4.69, 9.17) is 24.9 Å². The van der Waals surface area contributed by atoms with Crippen LogP contribution in [0.2, 0.25) is 0 Å². The minimum atomic E-state index is 0.649. The second-order valence-electron chi connectivity index (χ2n) is 12.3. The molecule has 9 aromatic rings. The maximum absolute atomic E-state index is 5.14. The Kier molecular flexibility index (Phi) is 8.68. The van der Waals surface area contributed by atoms with Crippen LogP contribution in [0, 0.1) is 0 Å². The predicted molar refractivity (Wildman–Crippen MR) is 210 cm³/mol. The number of hydrogen-bond acceptors (Lipinski definition) is 9. The Morgan fingerprint density at radius 2 is 0.444 bits per heavy atom. The molecule has 254 valence electrons. The van der Waals surface area contributed by atoms with Gasteiger partial charge >= 0.3 is 0 Å². The smallest absolute Gasteiger partial charge is 0.0901 e. The largest absolute Gasteiger partial charge is 0.255 e. The second-order valence-corrected chi connectivity index (χ2v) is 12.3. The maximum atomic E-state index is 5.14. The molecule has 0 aliphatic rings. The highest BCUT2D eigenvalue weighted by molar-refractivity contribution is 5.78. The number of rotatable bonds is 8. The van der Waals surface area contributed by atoms with E-state index in [2.05, 4.69) is 19.9 Å². The van der Waals surface area contributed by atoms with Crippen LogP contribution in [0.4, 0.5) is 0 Å². The van der Waals surface area contributed by atoms with E-state index in [0.717, 1.165) is 68.1 Å². The van der Waals surface area contributed by atoms with Crippen molar-refractivity contribution < 1.29 is 0 Å². The molecule has 54 heavy (non-hydrogen) atoms. The minimum absolute atomic E-state index is 0.649. The molecular formula is C45H29N9. The van der Waals surface area contributed by atoms with Crippen LogP contribution in [0.3, 0.4) is 0 Å². The van der Waals surface area contributed by atoms with Gasteiger partial charge in [-0.3, -0.25) is 19.9 Å². The van der Waals surface area contributed by atoms with Crippen molar-refractivity contribution in [3.8, 4) is 90.8 Å². The SMILES string of the molecule is c1ccc(-c2cccc(-c3cc(-c4ccccn4)nc(-c4cc(-c5cccc(-c6cccc(-c7ccccn7)n6)n5)cc(-c5ccccn5)n4)c3)n2)nc1. The number of aromatic nitrogens is 9. The average molecular weight is 696 g/mol. The Morgan fingerprint density at radius 1 is 0.204 bits per heavy atom. The maximum Gasteiger partial charge on any atom is 0.0901 e. The fourth-order valence-electron chi connectivity index (χ4n) is 6.14. The van der Waals surface area contributed by atoms with E-state index < -0.39 is 0 Å². The first-order chi connectivity index (χ1) is 26.7. The molecule has 9 aromatic heterocycles. The molecule has 0 amide bonds. The Morgan fingerprint density at radius 3 is 0.778 bits per heavy atom. The molecule has 0 aromatic carbocycles. The molecule has 0 N–H and O–H groups in total. The van der Waals surface area contributed by atoms with Crippen LogP contribution in [0.15, 0.2) is 176 Å². The molecule has 0 bridgehead atoms. The van der Waals surface area contributed by atoms with E-state index in [1.165, 1.54) is 0 Å². The standard InChI is InChI=1S/C45H29N9/c1-5-22-46-34(12-1)38-18-9-16-32(50-38)30-26-42(36-14-3-7-24-48-36)53-44(28-30)45-29-31(27-43(54-45)37-15-4-8-25-49-37)33-17-10-20-40(51-33)41-21-11-19-39(52-41)35-13-2-6-23-47-35/h1-29H. The summed E-state index contributed by atoms with van der Waals surface area (Å²) < 4.78 is 0. The van der Waals surface area contributed by atoms with E-state index in [9.17, 15) is 0 Å². The van der Waals surface area contributed by atoms with E-state index in [1.807, 2.05) is 152 Å². The summed E-state index contributed by atoms with van der Waals surface area (Å²) in [7, 11) is 0. The third kappa shape index (κ3) is 6.84. The number of pyridine rings is 9. The highest BCUT2D eigenvalue weighted by atomic mass is 14.9. The second kappa shape index (κ2) is 14.5. The lowest BCUT2D eigenvalue weighted by Gasteiger charge is -2.13. The third-order valence-corrected chi connectivity index (χ3v) is 8.72. The first-order valence-corrected chi connectivity index (χ1v) is 17.4. The van der Waals surface area contributed by atoms with Crippen molar-refractivity contribution in [3.05, 3.63) is 176 Å². The Bertz CT molecular complexity index is 2710. The monoisotopic (exact) mass is 695 g/mol. The van der Waals surface area contributed by atoms with Gasteiger partial charge in [-0.2, -0.15) is 0 Å². The molecule has 0 aliphatic carbocycles. The van der Waals surface area contributed by atoms with Crippen molar-refractivity contribution in [2.75, 3.05) is 0 Å². The molecule has 9 heterocycles. The number of hydrogen-bond donors (Lipinski definition) is 0. The van der Waals surface area contributed by atoms with E-state index >= 15 is 0 Å². The van der Waals surface area contributed by atoms with Crippen molar-refractivity contribution >= 4 is 0 Å². The van der Waals surface area contributed by atoms with Crippen LogP contribution in [-0.4, -0.2) is 44.9 Å². The lowest BCUT2D eigenvalue weighted by atomic mass is 10.0. The molecule has 9 rings (SSSR count). The minimum Gasteiger partial charge on any atom is -0.255 e. The summed E-state index contributed by atoms with van der Waals surface area (Å²) in [5.74, 6) is 0. The molecule has 0 atom stereocenters. The van der Waals surface area contributed by atoms with Gasteiger partial charge in [-0.15, -0.1) is 0 Å². The van der Waals surface area contributed by atoms with Crippen LogP contribution in [0.5, 0.6) is 0 Å². The van der Waals surface area contributed by atoms with Crippen LogP contribution in [0.25, 0.3) is 90.8 Å². The van der Waals surface area contributed by atoms with Crippen molar-refractivity contribution in [3.63, 3.8) is 0 Å². The summed E-state index contributed by atoms with van der Waals surface area (Å²) in [6.07, 6.45) is 7.07. The predicted octanol–water partition coefficient (Wildman–Crippen LogP) is 9.58. The average Bonchev–Trinajstić information content (AvgIpc) is 3.27. The third-order valence-electron chi connectivity index (χ3n) is 8.72. The molecule has 0 saturated carbocycles. The molecule has 0 unspecified atom stereocenters. The van der Waals surface area contributed by atoms with Gasteiger partial charge in [-0.25, -0.2) is 24.9 Å². The molecule has 0 fully saturated rings. The Labute approximate surface area is 311 Å². The van der Waals surface area contributed by atoms with Crippen LogP contribution >= 0.6 is 0 Å². The van der Waals surface area contributed by atoms with Gasteiger partial charge in [0.05, 0.1) is 79.7 Å². The van der Waals surface area contributed by atoms with Gasteiger partial charge in [0.2, 0.25) is 0 Å². The fourth-order valence-corrected chi connectivity index (χ4v) is 6.14. The van der Waals surface area contributed by atoms with Gasteiger partial charge in [0.25, 0.3) is 0 Å². The van der Waals surface area contributed by atoms with E-state index in [0.29, 0.717) is 22.8 Å². The Balaban J connectivity index is 1.19. The van der Waals surface area contributed by atoms with Crippen molar-refractivity contribution in [1.29, 1.82) is 0 Å². The molecule has 0 radical (unpaired) electrons. The highest BCUT2D eigenvalue weighted by Crippen LogP contribution is 2.33. The van der Waals surface area contributed by atoms with Gasteiger partial charge in [0.15, 0.2) is 0 Å². The highest BCUT2D eigenvalue weighted by Gasteiger charge is 2.16. The zero-order chi connectivity index (χ0) is 36.1.